The summed E-state index contributed by atoms with van der Waals surface area (Å²) in [4.78, 5) is 65.2. The fourth-order valence-corrected chi connectivity index (χ4v) is 1.87. The molecule has 0 aliphatic carbocycles. The van der Waals surface area contributed by atoms with Crippen molar-refractivity contribution < 1.29 is 159 Å². The zero-order valence-electron chi connectivity index (χ0n) is 16.4. The predicted octanol–water partition coefficient (Wildman–Crippen LogP) is -13.0. The van der Waals surface area contributed by atoms with Gasteiger partial charge in [0.1, 0.15) is 24.4 Å². The average Bonchev–Trinajstić information content (AvgIpc) is 2.45. The van der Waals surface area contributed by atoms with Gasteiger partial charge in [-0.1, -0.05) is 0 Å². The van der Waals surface area contributed by atoms with Crippen molar-refractivity contribution in [3.05, 3.63) is 0 Å². The van der Waals surface area contributed by atoms with Crippen LogP contribution in [-0.2, 0) is 33.2 Å². The standard InChI is InChI=1S/C6H12O6.2Na.H4O7P2.H3O4P.H2O4S/c7-1-3(9)5(11)6(12)4(10)2-8;;;1-8(2,3)7-9(4,5)6;2*1-5(2,3)4/h1,3-6,8-12H,2H2;;;(H2,1,2,3)(H2,4,5,6);(H3,1,2,3,4);(H2,1,2,3,4)/q;2*+1;;;/p-2/t3-,4+,5+,6+;;;;;/m0...../s1. The van der Waals surface area contributed by atoms with Gasteiger partial charge in [0.2, 0.25) is 0 Å². The monoisotopic (exact) mass is 598 g/mol. The van der Waals surface area contributed by atoms with Gasteiger partial charge in [0, 0.05) is 0 Å². The summed E-state index contributed by atoms with van der Waals surface area (Å²) in [6, 6.07) is 0. The fraction of sp³-hybridized carbons (Fsp3) is 0.833. The number of phosphoric acid groups is 3. The molecule has 192 valence electrons. The van der Waals surface area contributed by atoms with Gasteiger partial charge in [-0.25, -0.2) is 9.13 Å². The third kappa shape index (κ3) is 60.3. The van der Waals surface area contributed by atoms with E-state index in [1.54, 1.807) is 0 Å². The zero-order valence-corrected chi connectivity index (χ0v) is 23.9. The van der Waals surface area contributed by atoms with Gasteiger partial charge in [0.15, 0.2) is 6.29 Å². The maximum absolute atomic E-state index is 9.90. The number of carbonyl (C=O) groups is 1. The quantitative estimate of drug-likeness (QED) is 0.0560. The van der Waals surface area contributed by atoms with Crippen LogP contribution < -0.4 is 68.9 Å². The topological polar surface area (TPSA) is 401 Å². The van der Waals surface area contributed by atoms with Gasteiger partial charge in [-0.3, -0.25) is 9.11 Å². The van der Waals surface area contributed by atoms with E-state index in [4.69, 9.17) is 81.9 Å². The molecule has 0 bridgehead atoms. The largest absolute Gasteiger partial charge is 1.00 e. The molecule has 0 fully saturated rings. The van der Waals surface area contributed by atoms with Crippen LogP contribution in [0, 0.1) is 0 Å². The first kappa shape index (κ1) is 47.9. The van der Waals surface area contributed by atoms with Crippen molar-refractivity contribution in [2.24, 2.45) is 0 Å². The van der Waals surface area contributed by atoms with Crippen LogP contribution in [0.4, 0.5) is 0 Å². The minimum absolute atomic E-state index is 0. The van der Waals surface area contributed by atoms with Crippen LogP contribution >= 0.6 is 23.5 Å². The van der Waals surface area contributed by atoms with Gasteiger partial charge in [0.05, 0.1) is 14.4 Å². The molecule has 0 aliphatic heterocycles. The van der Waals surface area contributed by atoms with Gasteiger partial charge >= 0.3 is 85.2 Å². The molecular weight excluding hydrogens is 579 g/mol. The molecule has 0 heterocycles. The Hall–Kier alpha value is 1.71. The Morgan fingerprint density at radius 2 is 1.06 bits per heavy atom. The van der Waals surface area contributed by atoms with Crippen molar-refractivity contribution in [3.63, 3.8) is 0 Å². The number of aliphatic hydroxyl groups is 5. The average molecular weight is 598 g/mol. The first-order valence-electron chi connectivity index (χ1n) is 6.30. The second-order valence-corrected chi connectivity index (χ2v) is 8.79. The molecule has 21 nitrogen and oxygen atoms in total. The summed E-state index contributed by atoms with van der Waals surface area (Å²) in [7, 11) is -19.9. The van der Waals surface area contributed by atoms with Gasteiger partial charge in [-0.05, 0) is 0 Å². The predicted molar refractivity (Wildman–Crippen MR) is 86.4 cm³/mol. The van der Waals surface area contributed by atoms with Gasteiger partial charge in [-0.15, -0.1) is 0 Å². The Balaban J connectivity index is -0.0000000771. The Bertz CT molecular complexity index is 690. The first-order chi connectivity index (χ1) is 13.2. The van der Waals surface area contributed by atoms with Crippen molar-refractivity contribution in [1.29, 1.82) is 0 Å². The Kier molecular flexibility index (Phi) is 31.6. The number of aliphatic hydroxyl groups excluding tert-OH is 5. The molecule has 0 aromatic rings. The van der Waals surface area contributed by atoms with E-state index in [0.717, 1.165) is 0 Å². The summed E-state index contributed by atoms with van der Waals surface area (Å²) in [6.07, 6.45) is -6.84. The molecule has 0 aromatic heterocycles. The number of aldehydes is 1. The smallest absolute Gasteiger partial charge is 0.790 e. The Morgan fingerprint density at radius 1 is 0.818 bits per heavy atom. The molecule has 0 rings (SSSR count). The Labute approximate surface area is 228 Å². The molecule has 4 atom stereocenters. The molecule has 0 saturated heterocycles. The molecule has 0 radical (unpaired) electrons. The van der Waals surface area contributed by atoms with E-state index in [-0.39, 0.29) is 65.4 Å². The molecule has 0 saturated carbocycles. The molecule has 0 aliphatic rings. The van der Waals surface area contributed by atoms with E-state index in [0.29, 0.717) is 0 Å². The van der Waals surface area contributed by atoms with Gasteiger partial charge in [0.25, 0.3) is 0 Å². The summed E-state index contributed by atoms with van der Waals surface area (Å²) in [5, 5.41) is 43.5. The van der Waals surface area contributed by atoms with Crippen molar-refractivity contribution in [3.8, 4) is 0 Å². The maximum atomic E-state index is 9.90. The van der Waals surface area contributed by atoms with Crippen LogP contribution in [-0.4, -0.2) is 105 Å². The van der Waals surface area contributed by atoms with Crippen molar-refractivity contribution in [2.45, 2.75) is 24.4 Å². The molecule has 33 heavy (non-hydrogen) atoms. The zero-order chi connectivity index (χ0) is 26.4. The van der Waals surface area contributed by atoms with E-state index in [9.17, 15) is 13.9 Å². The van der Waals surface area contributed by atoms with Crippen molar-refractivity contribution >= 4 is 40.2 Å². The summed E-state index contributed by atoms with van der Waals surface area (Å²) < 4.78 is 62.5. The van der Waals surface area contributed by atoms with Gasteiger partial charge in [-0.2, -0.15) is 12.7 Å². The van der Waals surface area contributed by atoms with Crippen molar-refractivity contribution in [2.75, 3.05) is 6.61 Å². The molecule has 0 spiro atoms. The molecule has 12 N–H and O–H groups in total. The van der Waals surface area contributed by atoms with E-state index >= 15 is 0 Å². The Morgan fingerprint density at radius 3 is 1.18 bits per heavy atom. The van der Waals surface area contributed by atoms with E-state index in [2.05, 4.69) is 4.31 Å². The summed E-state index contributed by atoms with van der Waals surface area (Å²) in [5.74, 6) is 0. The third-order valence-electron chi connectivity index (χ3n) is 1.63. The summed E-state index contributed by atoms with van der Waals surface area (Å²) >= 11 is 0. The maximum Gasteiger partial charge on any atom is 1.00 e. The number of hydrogen-bond acceptors (Lipinski definition) is 14. The van der Waals surface area contributed by atoms with Crippen LogP contribution in [0.3, 0.4) is 0 Å². The minimum Gasteiger partial charge on any atom is -0.790 e. The van der Waals surface area contributed by atoms with Crippen LogP contribution in [0.15, 0.2) is 0 Å². The van der Waals surface area contributed by atoms with Crippen LogP contribution in [0.5, 0.6) is 0 Å². The number of rotatable bonds is 7. The molecular formula is C6H19Na2O21P3S. The van der Waals surface area contributed by atoms with E-state index < -0.39 is 64.9 Å². The second-order valence-electron chi connectivity index (χ2n) is 4.34. The minimum atomic E-state index is -5.14. The SMILES string of the molecule is O=C[C@H](O)[C@@H](O)[C@H](O)[C@H](O)CO.O=P(O)(O)OP(=O)(O)O.O=P([O-])([O-])O.O=S(=O)(O)O.[Na+].[Na+]. The molecule has 27 heteroatoms. The molecule has 0 amide bonds. The molecule has 0 unspecified atom stereocenters. The second kappa shape index (κ2) is 21.8. The van der Waals surface area contributed by atoms with E-state index in [1.165, 1.54) is 0 Å². The first-order valence-corrected chi connectivity index (χ1v) is 12.3. The number of carbonyl (C=O) groups excluding carboxylic acids is 1. The number of hydrogen-bond donors (Lipinski definition) is 12. The van der Waals surface area contributed by atoms with Crippen LogP contribution in [0.1, 0.15) is 0 Å². The van der Waals surface area contributed by atoms with Crippen molar-refractivity contribution in [1.82, 2.24) is 0 Å². The summed E-state index contributed by atoms with van der Waals surface area (Å²) in [5.41, 5.74) is 0. The summed E-state index contributed by atoms with van der Waals surface area (Å²) in [6.45, 7) is -0.760. The van der Waals surface area contributed by atoms with Gasteiger partial charge < -0.3 is 69.1 Å². The fourth-order valence-electron chi connectivity index (χ4n) is 0.757. The van der Waals surface area contributed by atoms with Crippen LogP contribution in [0.2, 0.25) is 0 Å². The third-order valence-corrected chi connectivity index (χ3v) is 3.34. The normalized spacial score (nSPS) is 15.0. The molecule has 0 aromatic carbocycles. The van der Waals surface area contributed by atoms with E-state index in [1.807, 2.05) is 0 Å². The van der Waals surface area contributed by atoms with Crippen LogP contribution in [0.25, 0.3) is 0 Å².